The summed E-state index contributed by atoms with van der Waals surface area (Å²) >= 11 is 0. The lowest BCUT2D eigenvalue weighted by atomic mass is 10.2. The molecule has 0 atom stereocenters. The maximum absolute atomic E-state index is 12.2. The molecule has 0 fully saturated rings. The Labute approximate surface area is 122 Å². The summed E-state index contributed by atoms with van der Waals surface area (Å²) in [6, 6.07) is 4.29. The van der Waals surface area contributed by atoms with Crippen molar-refractivity contribution >= 4 is 21.6 Å². The van der Waals surface area contributed by atoms with Crippen LogP contribution in [0.5, 0.6) is 0 Å². The van der Waals surface area contributed by atoms with Crippen molar-refractivity contribution in [3.63, 3.8) is 0 Å². The summed E-state index contributed by atoms with van der Waals surface area (Å²) in [5, 5.41) is 11.8. The first-order chi connectivity index (χ1) is 9.70. The Morgan fingerprint density at radius 1 is 1.33 bits per heavy atom. The normalized spacial score (nSPS) is 11.4. The lowest BCUT2D eigenvalue weighted by Gasteiger charge is -2.09. The molecule has 0 aliphatic carbocycles. The number of hydrogen-bond donors (Lipinski definition) is 2. The summed E-state index contributed by atoms with van der Waals surface area (Å²) in [7, 11) is -2.00. The largest absolute Gasteiger partial charge is 0.322 e. The van der Waals surface area contributed by atoms with Crippen LogP contribution in [0.15, 0.2) is 29.3 Å². The van der Waals surface area contributed by atoms with Crippen LogP contribution in [0.2, 0.25) is 0 Å². The van der Waals surface area contributed by atoms with Crippen LogP contribution in [0.4, 0.5) is 5.69 Å². The van der Waals surface area contributed by atoms with Crippen molar-refractivity contribution in [1.29, 1.82) is 0 Å². The van der Waals surface area contributed by atoms with E-state index in [1.54, 1.807) is 25.6 Å². The molecule has 0 aliphatic heterocycles. The standard InChI is InChI=1S/C13H16N4O3S/c1-8-6-10(21(14,19)20)4-5-12(8)16-13(18)11-7-15-17(3)9(11)2/h4-7H,1-3H3,(H,16,18)(H2,14,19,20). The molecule has 0 spiro atoms. The highest BCUT2D eigenvalue weighted by Crippen LogP contribution is 2.20. The molecule has 2 aromatic rings. The Morgan fingerprint density at radius 2 is 2.00 bits per heavy atom. The van der Waals surface area contributed by atoms with Gasteiger partial charge in [-0.15, -0.1) is 0 Å². The number of amides is 1. The minimum atomic E-state index is -3.75. The van der Waals surface area contributed by atoms with Crippen LogP contribution in [0.25, 0.3) is 0 Å². The van der Waals surface area contributed by atoms with Crippen molar-refractivity contribution in [2.75, 3.05) is 5.32 Å². The number of carbonyl (C=O) groups excluding carboxylic acids is 1. The van der Waals surface area contributed by atoms with E-state index in [0.717, 1.165) is 5.69 Å². The van der Waals surface area contributed by atoms with Gasteiger partial charge < -0.3 is 5.32 Å². The van der Waals surface area contributed by atoms with Crippen molar-refractivity contribution < 1.29 is 13.2 Å². The number of benzene rings is 1. The van der Waals surface area contributed by atoms with E-state index in [-0.39, 0.29) is 10.8 Å². The number of aryl methyl sites for hydroxylation is 2. The smallest absolute Gasteiger partial charge is 0.259 e. The molecular weight excluding hydrogens is 292 g/mol. The van der Waals surface area contributed by atoms with Gasteiger partial charge in [0.15, 0.2) is 0 Å². The van der Waals surface area contributed by atoms with Crippen molar-refractivity contribution in [1.82, 2.24) is 9.78 Å². The van der Waals surface area contributed by atoms with Crippen LogP contribution in [0.1, 0.15) is 21.6 Å². The number of rotatable bonds is 3. The van der Waals surface area contributed by atoms with E-state index < -0.39 is 10.0 Å². The summed E-state index contributed by atoms with van der Waals surface area (Å²) in [4.78, 5) is 12.2. The average Bonchev–Trinajstić information content (AvgIpc) is 2.71. The second kappa shape index (κ2) is 5.30. The molecule has 112 valence electrons. The molecule has 21 heavy (non-hydrogen) atoms. The van der Waals surface area contributed by atoms with E-state index in [4.69, 9.17) is 5.14 Å². The second-order valence-electron chi connectivity index (χ2n) is 4.74. The van der Waals surface area contributed by atoms with Crippen molar-refractivity contribution in [3.8, 4) is 0 Å². The highest BCUT2D eigenvalue weighted by molar-refractivity contribution is 7.89. The van der Waals surface area contributed by atoms with Gasteiger partial charge >= 0.3 is 0 Å². The molecular formula is C13H16N4O3S. The summed E-state index contributed by atoms with van der Waals surface area (Å²) in [6.07, 6.45) is 1.48. The number of aromatic nitrogens is 2. The molecule has 1 amide bonds. The molecule has 0 saturated heterocycles. The molecule has 0 saturated carbocycles. The molecule has 0 radical (unpaired) electrons. The number of nitrogens with two attached hydrogens (primary N) is 1. The summed E-state index contributed by atoms with van der Waals surface area (Å²) in [6.45, 7) is 3.49. The fourth-order valence-electron chi connectivity index (χ4n) is 1.86. The molecule has 1 heterocycles. The first-order valence-corrected chi connectivity index (χ1v) is 7.68. The Morgan fingerprint density at radius 3 is 2.48 bits per heavy atom. The highest BCUT2D eigenvalue weighted by atomic mass is 32.2. The predicted octanol–water partition coefficient (Wildman–Crippen LogP) is 0.937. The predicted molar refractivity (Wildman–Crippen MR) is 78.5 cm³/mol. The molecule has 1 aromatic heterocycles. The van der Waals surface area contributed by atoms with Gasteiger partial charge in [-0.1, -0.05) is 0 Å². The molecule has 0 unspecified atom stereocenters. The first-order valence-electron chi connectivity index (χ1n) is 6.13. The average molecular weight is 308 g/mol. The highest BCUT2D eigenvalue weighted by Gasteiger charge is 2.15. The van der Waals surface area contributed by atoms with E-state index in [9.17, 15) is 13.2 Å². The monoisotopic (exact) mass is 308 g/mol. The zero-order valence-electron chi connectivity index (χ0n) is 11.9. The number of sulfonamides is 1. The SMILES string of the molecule is Cc1cc(S(N)(=O)=O)ccc1NC(=O)c1cnn(C)c1C. The van der Waals surface area contributed by atoms with Crippen LogP contribution >= 0.6 is 0 Å². The van der Waals surface area contributed by atoms with Gasteiger partial charge in [-0.2, -0.15) is 5.10 Å². The summed E-state index contributed by atoms with van der Waals surface area (Å²) in [5.41, 5.74) is 2.34. The maximum Gasteiger partial charge on any atom is 0.259 e. The van der Waals surface area contributed by atoms with Gasteiger partial charge in [-0.05, 0) is 37.6 Å². The summed E-state index contributed by atoms with van der Waals surface area (Å²) < 4.78 is 24.1. The minimum absolute atomic E-state index is 0.00978. The second-order valence-corrected chi connectivity index (χ2v) is 6.30. The van der Waals surface area contributed by atoms with Gasteiger partial charge in [-0.25, -0.2) is 13.6 Å². The quantitative estimate of drug-likeness (QED) is 0.879. The van der Waals surface area contributed by atoms with Gasteiger partial charge in [0, 0.05) is 18.4 Å². The minimum Gasteiger partial charge on any atom is -0.322 e. The van der Waals surface area contributed by atoms with E-state index >= 15 is 0 Å². The van der Waals surface area contributed by atoms with Gasteiger partial charge in [-0.3, -0.25) is 9.48 Å². The van der Waals surface area contributed by atoms with Crippen LogP contribution in [0.3, 0.4) is 0 Å². The fourth-order valence-corrected chi connectivity index (χ4v) is 2.46. The van der Waals surface area contributed by atoms with Crippen molar-refractivity contribution in [2.45, 2.75) is 18.7 Å². The number of carbonyl (C=O) groups is 1. The van der Waals surface area contributed by atoms with Gasteiger partial charge in [0.1, 0.15) is 0 Å². The third kappa shape index (κ3) is 3.11. The fraction of sp³-hybridized carbons (Fsp3) is 0.231. The van der Waals surface area contributed by atoms with E-state index in [1.807, 2.05) is 0 Å². The molecule has 2 rings (SSSR count). The summed E-state index contributed by atoms with van der Waals surface area (Å²) in [5.74, 6) is -0.299. The van der Waals surface area contributed by atoms with Gasteiger partial charge in [0.2, 0.25) is 10.0 Å². The topological polar surface area (TPSA) is 107 Å². The Kier molecular flexibility index (Phi) is 3.84. The molecule has 1 aromatic carbocycles. The van der Waals surface area contributed by atoms with E-state index in [1.165, 1.54) is 24.4 Å². The number of nitrogens with one attached hydrogen (secondary N) is 1. The van der Waals surface area contributed by atoms with Crippen LogP contribution in [0, 0.1) is 13.8 Å². The third-order valence-corrected chi connectivity index (χ3v) is 4.17. The van der Waals surface area contributed by atoms with E-state index in [0.29, 0.717) is 16.8 Å². The van der Waals surface area contributed by atoms with E-state index in [2.05, 4.69) is 10.4 Å². The van der Waals surface area contributed by atoms with Crippen molar-refractivity contribution in [2.24, 2.45) is 12.2 Å². The van der Waals surface area contributed by atoms with Crippen LogP contribution in [-0.4, -0.2) is 24.1 Å². The lowest BCUT2D eigenvalue weighted by molar-refractivity contribution is 0.102. The zero-order valence-corrected chi connectivity index (χ0v) is 12.7. The molecule has 0 aliphatic rings. The third-order valence-electron chi connectivity index (χ3n) is 3.25. The molecule has 3 N–H and O–H groups in total. The Bertz CT molecular complexity index is 809. The Hall–Kier alpha value is -2.19. The van der Waals surface area contributed by atoms with Crippen LogP contribution < -0.4 is 10.5 Å². The first kappa shape index (κ1) is 15.2. The molecule has 8 heteroatoms. The van der Waals surface area contributed by atoms with Gasteiger partial charge in [0.25, 0.3) is 5.91 Å². The number of nitrogens with zero attached hydrogens (tertiary/aromatic N) is 2. The molecule has 0 bridgehead atoms. The number of hydrogen-bond acceptors (Lipinski definition) is 4. The van der Waals surface area contributed by atoms with Gasteiger partial charge in [0.05, 0.1) is 16.7 Å². The zero-order chi connectivity index (χ0) is 15.8. The van der Waals surface area contributed by atoms with Crippen LogP contribution in [-0.2, 0) is 17.1 Å². The number of primary sulfonamides is 1. The number of anilines is 1. The Balaban J connectivity index is 2.28. The lowest BCUT2D eigenvalue weighted by Crippen LogP contribution is -2.15. The van der Waals surface area contributed by atoms with Crippen molar-refractivity contribution in [3.05, 3.63) is 41.2 Å². The maximum atomic E-state index is 12.2. The molecule has 7 nitrogen and oxygen atoms in total.